The molecule has 17 heavy (non-hydrogen) atoms. The third-order valence-electron chi connectivity index (χ3n) is 3.50. The highest BCUT2D eigenvalue weighted by molar-refractivity contribution is 5.94. The van der Waals surface area contributed by atoms with Gasteiger partial charge in [0.1, 0.15) is 0 Å². The van der Waals surface area contributed by atoms with E-state index in [9.17, 15) is 4.79 Å². The lowest BCUT2D eigenvalue weighted by atomic mass is 10.0. The van der Waals surface area contributed by atoms with Gasteiger partial charge in [-0.15, -0.1) is 0 Å². The zero-order valence-electron chi connectivity index (χ0n) is 10.4. The van der Waals surface area contributed by atoms with Gasteiger partial charge in [0, 0.05) is 24.7 Å². The Morgan fingerprint density at radius 2 is 2.06 bits per heavy atom. The highest BCUT2D eigenvalue weighted by atomic mass is 16.2. The number of nitrogens with two attached hydrogens (primary N) is 1. The molecule has 1 aromatic carbocycles. The monoisotopic (exact) mass is 232 g/mol. The van der Waals surface area contributed by atoms with Crippen LogP contribution in [0.3, 0.4) is 0 Å². The molecule has 0 aromatic heterocycles. The van der Waals surface area contributed by atoms with E-state index < -0.39 is 0 Å². The van der Waals surface area contributed by atoms with Crippen LogP contribution in [0.2, 0.25) is 0 Å². The van der Waals surface area contributed by atoms with Gasteiger partial charge < -0.3 is 10.6 Å². The number of carbonyl (C=O) groups is 1. The van der Waals surface area contributed by atoms with Crippen LogP contribution in [0.1, 0.15) is 42.1 Å². The van der Waals surface area contributed by atoms with E-state index in [1.807, 2.05) is 29.2 Å². The first-order chi connectivity index (χ1) is 8.22. The van der Waals surface area contributed by atoms with Gasteiger partial charge in [0.05, 0.1) is 0 Å². The minimum atomic E-state index is 0.153. The molecule has 1 saturated heterocycles. The van der Waals surface area contributed by atoms with Gasteiger partial charge in [0.2, 0.25) is 0 Å². The predicted octanol–water partition coefficient (Wildman–Crippen LogP) is 2.16. The summed E-state index contributed by atoms with van der Waals surface area (Å²) >= 11 is 0. The molecule has 0 saturated carbocycles. The minimum Gasteiger partial charge on any atom is -0.336 e. The van der Waals surface area contributed by atoms with E-state index in [2.05, 4.69) is 6.92 Å². The average Bonchev–Trinajstić information content (AvgIpc) is 2.39. The molecule has 92 valence electrons. The first kappa shape index (κ1) is 12.1. The Bertz CT molecular complexity index is 386. The fourth-order valence-corrected chi connectivity index (χ4v) is 2.35. The molecule has 2 rings (SSSR count). The lowest BCUT2D eigenvalue weighted by molar-refractivity contribution is 0.0635. The molecule has 1 aliphatic rings. The maximum absolute atomic E-state index is 12.3. The summed E-state index contributed by atoms with van der Waals surface area (Å²) in [6.45, 7) is 3.54. The zero-order valence-corrected chi connectivity index (χ0v) is 10.4. The number of nitrogens with zero attached hydrogens (tertiary/aromatic N) is 1. The van der Waals surface area contributed by atoms with E-state index in [0.29, 0.717) is 12.6 Å². The number of hydrogen-bond acceptors (Lipinski definition) is 2. The molecule has 1 heterocycles. The Morgan fingerprint density at radius 3 is 2.65 bits per heavy atom. The molecular formula is C14H20N2O. The Kier molecular flexibility index (Phi) is 3.79. The largest absolute Gasteiger partial charge is 0.336 e. The summed E-state index contributed by atoms with van der Waals surface area (Å²) in [6, 6.07) is 7.99. The van der Waals surface area contributed by atoms with Crippen LogP contribution in [0.25, 0.3) is 0 Å². The number of likely N-dealkylation sites (tertiary alicyclic amines) is 1. The molecule has 0 aliphatic carbocycles. The summed E-state index contributed by atoms with van der Waals surface area (Å²) in [4.78, 5) is 14.3. The van der Waals surface area contributed by atoms with Crippen molar-refractivity contribution in [3.05, 3.63) is 35.4 Å². The molecule has 1 aliphatic heterocycles. The van der Waals surface area contributed by atoms with Gasteiger partial charge in [-0.3, -0.25) is 4.79 Å². The summed E-state index contributed by atoms with van der Waals surface area (Å²) in [6.07, 6.45) is 3.47. The molecule has 1 amide bonds. The topological polar surface area (TPSA) is 46.3 Å². The number of benzene rings is 1. The van der Waals surface area contributed by atoms with E-state index in [1.54, 1.807) is 0 Å². The fourth-order valence-electron chi connectivity index (χ4n) is 2.35. The van der Waals surface area contributed by atoms with Gasteiger partial charge in [-0.05, 0) is 43.9 Å². The van der Waals surface area contributed by atoms with Crippen molar-refractivity contribution in [1.29, 1.82) is 0 Å². The van der Waals surface area contributed by atoms with E-state index in [4.69, 9.17) is 5.73 Å². The van der Waals surface area contributed by atoms with Gasteiger partial charge >= 0.3 is 0 Å². The van der Waals surface area contributed by atoms with E-state index in [0.717, 1.165) is 30.5 Å². The molecule has 0 radical (unpaired) electrons. The smallest absolute Gasteiger partial charge is 0.254 e. The second-order valence-electron chi connectivity index (χ2n) is 4.74. The normalized spacial score (nSPS) is 20.4. The zero-order chi connectivity index (χ0) is 12.3. The van der Waals surface area contributed by atoms with Crippen molar-refractivity contribution >= 4 is 5.91 Å². The highest BCUT2D eigenvalue weighted by Crippen LogP contribution is 2.19. The van der Waals surface area contributed by atoms with Crippen molar-refractivity contribution in [1.82, 2.24) is 4.90 Å². The first-order valence-corrected chi connectivity index (χ1v) is 6.32. The van der Waals surface area contributed by atoms with Gasteiger partial charge in [0.25, 0.3) is 5.91 Å². The second-order valence-corrected chi connectivity index (χ2v) is 4.74. The Labute approximate surface area is 103 Å². The summed E-state index contributed by atoms with van der Waals surface area (Å²) in [5, 5.41) is 0. The van der Waals surface area contributed by atoms with Crippen LogP contribution in [0.5, 0.6) is 0 Å². The second kappa shape index (κ2) is 5.32. The molecule has 2 N–H and O–H groups in total. The third kappa shape index (κ3) is 2.67. The van der Waals surface area contributed by atoms with Gasteiger partial charge in [-0.25, -0.2) is 0 Å². The molecule has 0 bridgehead atoms. The van der Waals surface area contributed by atoms with E-state index in [-0.39, 0.29) is 5.91 Å². The van der Waals surface area contributed by atoms with Crippen LogP contribution in [0.4, 0.5) is 0 Å². The molecule has 0 unspecified atom stereocenters. The van der Waals surface area contributed by atoms with Crippen molar-refractivity contribution in [2.45, 2.75) is 38.8 Å². The van der Waals surface area contributed by atoms with Gasteiger partial charge in [-0.2, -0.15) is 0 Å². The van der Waals surface area contributed by atoms with Crippen molar-refractivity contribution in [2.24, 2.45) is 5.73 Å². The summed E-state index contributed by atoms with van der Waals surface area (Å²) in [5.74, 6) is 0.153. The predicted molar refractivity (Wildman–Crippen MR) is 68.7 cm³/mol. The minimum absolute atomic E-state index is 0.153. The maximum atomic E-state index is 12.3. The molecule has 3 nitrogen and oxygen atoms in total. The lowest BCUT2D eigenvalue weighted by Gasteiger charge is -2.33. The summed E-state index contributed by atoms with van der Waals surface area (Å²) in [7, 11) is 0. The van der Waals surface area contributed by atoms with Crippen LogP contribution in [0.15, 0.2) is 24.3 Å². The molecule has 3 heteroatoms. The first-order valence-electron chi connectivity index (χ1n) is 6.32. The molecule has 1 aromatic rings. The van der Waals surface area contributed by atoms with Crippen LogP contribution in [0, 0.1) is 0 Å². The van der Waals surface area contributed by atoms with Crippen molar-refractivity contribution in [2.75, 3.05) is 6.54 Å². The average molecular weight is 232 g/mol. The SMILES string of the molecule is C[C@@H]1CCCCN1C(=O)c1ccc(CN)cc1. The van der Waals surface area contributed by atoms with Crippen LogP contribution >= 0.6 is 0 Å². The quantitative estimate of drug-likeness (QED) is 0.849. The molecule has 0 spiro atoms. The summed E-state index contributed by atoms with van der Waals surface area (Å²) in [5.41, 5.74) is 7.38. The number of amides is 1. The van der Waals surface area contributed by atoms with Crippen LogP contribution in [-0.4, -0.2) is 23.4 Å². The van der Waals surface area contributed by atoms with Crippen LogP contribution in [-0.2, 0) is 6.54 Å². The van der Waals surface area contributed by atoms with Crippen molar-refractivity contribution < 1.29 is 4.79 Å². The molecule has 1 fully saturated rings. The number of piperidine rings is 1. The van der Waals surface area contributed by atoms with Crippen molar-refractivity contribution in [3.63, 3.8) is 0 Å². The van der Waals surface area contributed by atoms with Crippen LogP contribution < -0.4 is 5.73 Å². The standard InChI is InChI=1S/C14H20N2O/c1-11-4-2-3-9-16(11)14(17)13-7-5-12(10-15)6-8-13/h5-8,11H,2-4,9-10,15H2,1H3/t11-/m1/s1. The van der Waals surface area contributed by atoms with Crippen molar-refractivity contribution in [3.8, 4) is 0 Å². The fraction of sp³-hybridized carbons (Fsp3) is 0.500. The Balaban J connectivity index is 2.12. The lowest BCUT2D eigenvalue weighted by Crippen LogP contribution is -2.42. The number of carbonyl (C=O) groups excluding carboxylic acids is 1. The Morgan fingerprint density at radius 1 is 1.35 bits per heavy atom. The summed E-state index contributed by atoms with van der Waals surface area (Å²) < 4.78 is 0. The maximum Gasteiger partial charge on any atom is 0.254 e. The van der Waals surface area contributed by atoms with E-state index in [1.165, 1.54) is 6.42 Å². The molecule has 1 atom stereocenters. The van der Waals surface area contributed by atoms with Gasteiger partial charge in [-0.1, -0.05) is 12.1 Å². The third-order valence-corrected chi connectivity index (χ3v) is 3.50. The molecular weight excluding hydrogens is 212 g/mol. The number of hydrogen-bond donors (Lipinski definition) is 1. The van der Waals surface area contributed by atoms with Gasteiger partial charge in [0.15, 0.2) is 0 Å². The Hall–Kier alpha value is -1.35. The highest BCUT2D eigenvalue weighted by Gasteiger charge is 2.23. The number of rotatable bonds is 2. The van der Waals surface area contributed by atoms with E-state index >= 15 is 0 Å².